The minimum atomic E-state index is -4.92. The van der Waals surface area contributed by atoms with E-state index in [1.165, 1.54) is 10.9 Å². The normalized spacial score (nSPS) is 21.8. The molecule has 1 saturated heterocycles. The smallest absolute Gasteiger partial charge is 0.432 e. The zero-order valence-electron chi connectivity index (χ0n) is 28.6. The molecule has 3 unspecified atom stereocenters. The molecule has 0 aliphatic carbocycles. The zero-order valence-corrected chi connectivity index (χ0v) is 31.2. The number of aliphatic hydroxyl groups is 2. The first kappa shape index (κ1) is 41.3. The lowest BCUT2D eigenvalue weighted by Crippen LogP contribution is -2.34. The standard InChI is InChI=1S/C29H40ClN5O15P2/c1-16(2)48-28(38)43-13-46-51(40,41)15-52(42,47-14-44-29(39)49-17(3)4)45-12-21-22(36)23(37)26(50-21)35-25-20(11-31-35)24(33-27(30)34-25)32-18(5)19-9-7-6-8-10-19/h6-11,16-18,21-23,26,36-37H,12-15H2,1-5H3,(H,40,41)(H,32,33,34)/t18?,21-,22-,23-,26-,52?/m1/s1. The number of hydrogen-bond donors (Lipinski definition) is 4. The van der Waals surface area contributed by atoms with Crippen molar-refractivity contribution in [2.45, 2.75) is 77.4 Å². The number of fused-ring (bicyclic) bond motifs is 1. The van der Waals surface area contributed by atoms with E-state index in [4.69, 9.17) is 44.1 Å². The van der Waals surface area contributed by atoms with Crippen LogP contribution in [0.5, 0.6) is 0 Å². The minimum Gasteiger partial charge on any atom is -0.432 e. The van der Waals surface area contributed by atoms with Gasteiger partial charge in [-0.2, -0.15) is 15.1 Å². The number of halogens is 1. The zero-order chi connectivity index (χ0) is 38.2. The molecule has 4 rings (SSSR count). The second-order valence-corrected chi connectivity index (χ2v) is 16.5. The molecule has 3 aromatic rings. The Morgan fingerprint density at radius 2 is 1.56 bits per heavy atom. The average Bonchev–Trinajstić information content (AvgIpc) is 3.59. The minimum absolute atomic E-state index is 0.137. The van der Waals surface area contributed by atoms with Gasteiger partial charge in [0.15, 0.2) is 17.8 Å². The molecule has 23 heteroatoms. The molecule has 0 bridgehead atoms. The monoisotopic (exact) mass is 795 g/mol. The van der Waals surface area contributed by atoms with E-state index in [2.05, 4.69) is 25.1 Å². The van der Waals surface area contributed by atoms with Crippen LogP contribution in [0.1, 0.15) is 52.5 Å². The Morgan fingerprint density at radius 3 is 2.17 bits per heavy atom. The second kappa shape index (κ2) is 18.1. The Morgan fingerprint density at radius 1 is 0.942 bits per heavy atom. The van der Waals surface area contributed by atoms with E-state index in [0.29, 0.717) is 11.2 Å². The van der Waals surface area contributed by atoms with Crippen molar-refractivity contribution in [3.8, 4) is 0 Å². The van der Waals surface area contributed by atoms with Gasteiger partial charge in [0.1, 0.15) is 24.1 Å². The van der Waals surface area contributed by atoms with Crippen molar-refractivity contribution in [1.29, 1.82) is 0 Å². The van der Waals surface area contributed by atoms with Crippen molar-refractivity contribution < 1.29 is 71.1 Å². The van der Waals surface area contributed by atoms with Gasteiger partial charge in [-0.25, -0.2) is 14.3 Å². The van der Waals surface area contributed by atoms with Gasteiger partial charge in [0.25, 0.3) is 0 Å². The van der Waals surface area contributed by atoms with E-state index in [9.17, 15) is 33.8 Å². The number of carbonyl (C=O) groups excluding carboxylic acids is 2. The van der Waals surface area contributed by atoms with E-state index in [1.807, 2.05) is 37.3 Å². The molecule has 52 heavy (non-hydrogen) atoms. The van der Waals surface area contributed by atoms with Crippen molar-refractivity contribution in [1.82, 2.24) is 19.7 Å². The van der Waals surface area contributed by atoms with E-state index < -0.39 is 90.3 Å². The van der Waals surface area contributed by atoms with Crippen LogP contribution in [0.25, 0.3) is 11.0 Å². The third-order valence-corrected chi connectivity index (χ3v) is 11.5. The number of hydrogen-bond acceptors (Lipinski definition) is 18. The topological polar surface area (TPSA) is 258 Å². The summed E-state index contributed by atoms with van der Waals surface area (Å²) < 4.78 is 67.4. The van der Waals surface area contributed by atoms with Crippen LogP contribution in [-0.4, -0.2) is 104 Å². The van der Waals surface area contributed by atoms with Crippen LogP contribution in [0.4, 0.5) is 15.4 Å². The van der Waals surface area contributed by atoms with Crippen LogP contribution in [0, 0.1) is 0 Å². The van der Waals surface area contributed by atoms with Crippen molar-refractivity contribution >= 4 is 56.0 Å². The highest BCUT2D eigenvalue weighted by Gasteiger charge is 2.47. The van der Waals surface area contributed by atoms with Crippen molar-refractivity contribution in [2.24, 2.45) is 0 Å². The molecule has 7 atom stereocenters. The fourth-order valence-corrected chi connectivity index (χ4v) is 8.40. The van der Waals surface area contributed by atoms with Gasteiger partial charge in [-0.1, -0.05) is 30.3 Å². The molecule has 1 aliphatic rings. The predicted molar refractivity (Wildman–Crippen MR) is 180 cm³/mol. The van der Waals surface area contributed by atoms with Crippen LogP contribution in [0.15, 0.2) is 36.5 Å². The van der Waals surface area contributed by atoms with Gasteiger partial charge in [-0.3, -0.25) is 18.2 Å². The molecule has 288 valence electrons. The predicted octanol–water partition coefficient (Wildman–Crippen LogP) is 4.70. The first-order valence-electron chi connectivity index (χ1n) is 15.7. The maximum atomic E-state index is 13.7. The summed E-state index contributed by atoms with van der Waals surface area (Å²) in [5.41, 5.74) is 1.10. The molecule has 1 aromatic carbocycles. The summed E-state index contributed by atoms with van der Waals surface area (Å²) >= 11 is 6.24. The van der Waals surface area contributed by atoms with Crippen molar-refractivity contribution in [3.63, 3.8) is 0 Å². The Balaban J connectivity index is 1.47. The number of carbonyl (C=O) groups is 2. The van der Waals surface area contributed by atoms with Crippen molar-refractivity contribution in [3.05, 3.63) is 47.4 Å². The van der Waals surface area contributed by atoms with Gasteiger partial charge < -0.3 is 48.6 Å². The number of nitrogens with zero attached hydrogens (tertiary/aromatic N) is 4. The highest BCUT2D eigenvalue weighted by molar-refractivity contribution is 7.70. The van der Waals surface area contributed by atoms with E-state index in [0.717, 1.165) is 5.56 Å². The van der Waals surface area contributed by atoms with Crippen LogP contribution in [0.2, 0.25) is 5.28 Å². The summed E-state index contributed by atoms with van der Waals surface area (Å²) in [7, 11) is -9.69. The lowest BCUT2D eigenvalue weighted by Gasteiger charge is -2.23. The SMILES string of the molecule is CC(C)OC(=O)OCOP(=O)(O)CP(=O)(OCOC(=O)OC(C)C)OC[C@H]1O[C@@H](n2ncc3c(NC(C)c4ccccc4)nc(Cl)nc32)[C@H](O)[C@@H]1O. The first-order valence-corrected chi connectivity index (χ1v) is 19.6. The Bertz CT molecular complexity index is 1770. The number of ether oxygens (including phenoxy) is 5. The van der Waals surface area contributed by atoms with Gasteiger partial charge in [-0.05, 0) is 51.8 Å². The Hall–Kier alpha value is -3.42. The second-order valence-electron chi connectivity index (χ2n) is 11.8. The van der Waals surface area contributed by atoms with Crippen LogP contribution >= 0.6 is 26.8 Å². The molecular formula is C29H40ClN5O15P2. The van der Waals surface area contributed by atoms with Crippen LogP contribution in [-0.2, 0) is 46.4 Å². The average molecular weight is 796 g/mol. The van der Waals surface area contributed by atoms with Crippen molar-refractivity contribution in [2.75, 3.05) is 31.4 Å². The third-order valence-electron chi connectivity index (χ3n) is 6.97. The Kier molecular flexibility index (Phi) is 14.4. The summed E-state index contributed by atoms with van der Waals surface area (Å²) in [6, 6.07) is 9.32. The number of nitrogens with one attached hydrogen (secondary N) is 1. The lowest BCUT2D eigenvalue weighted by atomic mass is 10.1. The summed E-state index contributed by atoms with van der Waals surface area (Å²) in [6.45, 7) is 5.16. The first-order chi connectivity index (χ1) is 24.5. The summed E-state index contributed by atoms with van der Waals surface area (Å²) in [5, 5.41) is 29.6. The van der Waals surface area contributed by atoms with E-state index >= 15 is 0 Å². The van der Waals surface area contributed by atoms with Crippen LogP contribution < -0.4 is 5.32 Å². The molecular weight excluding hydrogens is 756 g/mol. The molecule has 3 heterocycles. The molecule has 0 saturated carbocycles. The van der Waals surface area contributed by atoms with Gasteiger partial charge in [0.05, 0.1) is 30.4 Å². The Labute approximate surface area is 302 Å². The number of aliphatic hydroxyl groups excluding tert-OH is 2. The molecule has 4 N–H and O–H groups in total. The fourth-order valence-electron chi connectivity index (χ4n) is 4.62. The van der Waals surface area contributed by atoms with Crippen LogP contribution in [0.3, 0.4) is 0 Å². The van der Waals surface area contributed by atoms with Gasteiger partial charge >= 0.3 is 27.5 Å². The quantitative estimate of drug-likeness (QED) is 0.0625. The number of benzene rings is 1. The number of rotatable bonds is 17. The maximum absolute atomic E-state index is 13.7. The summed E-state index contributed by atoms with van der Waals surface area (Å²) in [5.74, 6) is -1.00. The largest absolute Gasteiger partial charge is 0.510 e. The molecule has 0 amide bonds. The number of anilines is 1. The lowest BCUT2D eigenvalue weighted by molar-refractivity contribution is -0.0571. The highest BCUT2D eigenvalue weighted by Crippen LogP contribution is 2.61. The van der Waals surface area contributed by atoms with E-state index in [1.54, 1.807) is 27.7 Å². The maximum Gasteiger partial charge on any atom is 0.510 e. The molecule has 0 radical (unpaired) electrons. The van der Waals surface area contributed by atoms with Gasteiger partial charge in [0.2, 0.25) is 18.9 Å². The fraction of sp³-hybridized carbons (Fsp3) is 0.552. The van der Waals surface area contributed by atoms with E-state index in [-0.39, 0.29) is 17.0 Å². The molecule has 20 nitrogen and oxygen atoms in total. The summed E-state index contributed by atoms with van der Waals surface area (Å²) in [6.07, 6.45) is -8.24. The molecule has 0 spiro atoms. The van der Waals surface area contributed by atoms with Gasteiger partial charge in [-0.15, -0.1) is 0 Å². The highest BCUT2D eigenvalue weighted by atomic mass is 35.5. The molecule has 1 fully saturated rings. The molecule has 1 aliphatic heterocycles. The summed E-state index contributed by atoms with van der Waals surface area (Å²) in [4.78, 5) is 42.3. The number of aromatic nitrogens is 4. The van der Waals surface area contributed by atoms with Gasteiger partial charge in [0, 0.05) is 6.04 Å². The third kappa shape index (κ3) is 11.5. The molecule has 2 aromatic heterocycles.